The van der Waals surface area contributed by atoms with Crippen molar-refractivity contribution in [3.8, 4) is 45.0 Å². The maximum Gasteiger partial charge on any atom is 0.212 e. The fourth-order valence-corrected chi connectivity index (χ4v) is 21.8. The molecule has 0 aliphatic rings. The molecule has 8 heteroatoms. The van der Waals surface area contributed by atoms with Crippen molar-refractivity contribution in [1.29, 1.82) is 0 Å². The van der Waals surface area contributed by atoms with Crippen LogP contribution < -0.4 is 39.0 Å². The van der Waals surface area contributed by atoms with Crippen LogP contribution >= 0.6 is 0 Å². The van der Waals surface area contributed by atoms with E-state index in [0.717, 1.165) is 6.42 Å². The smallest absolute Gasteiger partial charge is 0.201 e. The van der Waals surface area contributed by atoms with Crippen molar-refractivity contribution in [3.63, 3.8) is 0 Å². The first-order valence-electron chi connectivity index (χ1n) is 38.5. The molecule has 0 saturated heterocycles. The largest absolute Gasteiger partial charge is 0.212 e. The molecule has 0 saturated carbocycles. The molecular formula is C93H146N4Si4+4. The molecular weight excluding hydrogens is 1290 g/mol. The number of pyridine rings is 4. The number of rotatable bonds is 14. The summed E-state index contributed by atoms with van der Waals surface area (Å²) in [6, 6.07) is 37.8. The third kappa shape index (κ3) is 22.2. The van der Waals surface area contributed by atoms with Crippen LogP contribution in [0.25, 0.3) is 45.0 Å². The Balaban J connectivity index is 0.000000243. The Labute approximate surface area is 625 Å². The summed E-state index contributed by atoms with van der Waals surface area (Å²) in [7, 11) is 3.03. The monoisotopic (exact) mass is 1430 g/mol. The van der Waals surface area contributed by atoms with Crippen molar-refractivity contribution >= 4 is 53.0 Å². The third-order valence-corrected chi connectivity index (χ3v) is 28.7. The summed E-state index contributed by atoms with van der Waals surface area (Å²) in [5, 5.41) is 6.35. The van der Waals surface area contributed by atoms with E-state index in [1.807, 2.05) is 0 Å². The van der Waals surface area contributed by atoms with Gasteiger partial charge in [-0.05, 0) is 177 Å². The molecule has 0 aliphatic heterocycles. The average Bonchev–Trinajstić information content (AvgIpc) is 0.785. The van der Waals surface area contributed by atoms with E-state index in [1.165, 1.54) is 125 Å². The standard InChI is InChI=1S/C25H40NSi.C24H38NSi.C23H36NSi.C21H32NSi/c1-11-19(12-2)20-14-13-18(3)21(15-20)23-16-24(27(8,9)10)22(17-26(23)7)25(4,5)6;1-17(2)13-19-11-12-20(18(3)14-19)22-15-23(26(8,9)10)21(16-25(22)7)24(4,5)6;1-16(2)18-11-12-19(17(3)13-18)21-14-22(25(8,9)10)20(15-24(21)7)23(4,5)6;1-15-10-11-17(16(2)12-15)19-13-20(23(7,8)9)18(14-22(19)6)21(3,4)5/h13-17,19H,11-12H2,1-10H3;11-12,14-17H,13H2,1-10H3;11-16H,1-10H3;10-14H,1-9H3/q4*+1. The normalized spacial score (nSPS) is 12.7. The zero-order valence-electron chi connectivity index (χ0n) is 72.2. The van der Waals surface area contributed by atoms with Crippen molar-refractivity contribution in [3.05, 3.63) is 189 Å². The molecule has 0 amide bonds. The first-order valence-corrected chi connectivity index (χ1v) is 52.5. The summed E-state index contributed by atoms with van der Waals surface area (Å²) >= 11 is 0. The first kappa shape index (κ1) is 86.0. The Morgan fingerprint density at radius 2 is 0.624 bits per heavy atom. The van der Waals surface area contributed by atoms with Gasteiger partial charge in [-0.25, -0.2) is 18.3 Å². The van der Waals surface area contributed by atoms with Gasteiger partial charge in [-0.1, -0.05) is 257 Å². The predicted molar refractivity (Wildman–Crippen MR) is 459 cm³/mol. The summed E-state index contributed by atoms with van der Waals surface area (Å²) in [5.41, 5.74) is 28.6. The first-order chi connectivity index (χ1) is 45.9. The van der Waals surface area contributed by atoms with Crippen molar-refractivity contribution in [1.82, 2.24) is 0 Å². The summed E-state index contributed by atoms with van der Waals surface area (Å²) in [6.45, 7) is 82.3. The van der Waals surface area contributed by atoms with Crippen LogP contribution in [-0.4, -0.2) is 32.3 Å². The van der Waals surface area contributed by atoms with E-state index in [0.29, 0.717) is 17.8 Å². The zero-order chi connectivity index (χ0) is 77.2. The van der Waals surface area contributed by atoms with Crippen LogP contribution in [0.3, 0.4) is 0 Å². The summed E-state index contributed by atoms with van der Waals surface area (Å²) in [4.78, 5) is 0. The van der Waals surface area contributed by atoms with Gasteiger partial charge in [0.05, 0.1) is 32.3 Å². The lowest BCUT2D eigenvalue weighted by Gasteiger charge is -2.28. The SMILES string of the molecule is CCC(CC)c1ccc(C)c(-c2cc([Si](C)(C)C)c(C(C)(C)C)c[n+]2C)c1.Cc1cc(C(C)C)ccc1-c1cc([Si](C)(C)C)c(C(C)(C)C)c[n+]1C.Cc1cc(CC(C)C)ccc1-c1cc([Si](C)(C)C)c(C(C)(C)C)c[n+]1C.Cc1ccc(-c2cc([Si](C)(C)C)c(C(C)(C)C)c[n+]2C)c(C)c1. The highest BCUT2D eigenvalue weighted by Crippen LogP contribution is 2.34. The second-order valence-corrected chi connectivity index (χ2v) is 59.4. The molecule has 0 atom stereocenters. The molecule has 0 N–H and O–H groups in total. The van der Waals surface area contributed by atoms with Crippen molar-refractivity contribution < 1.29 is 18.3 Å². The molecule has 4 aromatic carbocycles. The van der Waals surface area contributed by atoms with E-state index < -0.39 is 32.3 Å². The Hall–Kier alpha value is -5.65. The van der Waals surface area contributed by atoms with Crippen LogP contribution in [0.15, 0.2) is 122 Å². The summed E-state index contributed by atoms with van der Waals surface area (Å²) in [6.07, 6.45) is 13.1. The Morgan fingerprint density at radius 3 is 0.901 bits per heavy atom. The lowest BCUT2D eigenvalue weighted by molar-refractivity contribution is -0.661. The molecule has 8 rings (SSSR count). The minimum atomic E-state index is -1.45. The molecule has 0 radical (unpaired) electrons. The molecule has 4 nitrogen and oxygen atoms in total. The minimum Gasteiger partial charge on any atom is -0.201 e. The average molecular weight is 1430 g/mol. The van der Waals surface area contributed by atoms with Gasteiger partial charge >= 0.3 is 0 Å². The number of nitrogens with zero attached hydrogens (tertiary/aromatic N) is 4. The van der Waals surface area contributed by atoms with Gasteiger partial charge in [-0.15, -0.1) is 0 Å². The molecule has 0 unspecified atom stereocenters. The molecule has 0 bridgehead atoms. The maximum atomic E-state index is 2.51. The second-order valence-electron chi connectivity index (χ2n) is 39.3. The third-order valence-electron chi connectivity index (χ3n) is 20.6. The lowest BCUT2D eigenvalue weighted by Crippen LogP contribution is -2.47. The number of aromatic nitrogens is 4. The van der Waals surface area contributed by atoms with Crippen molar-refractivity contribution in [2.45, 2.75) is 291 Å². The van der Waals surface area contributed by atoms with Gasteiger partial charge in [0.15, 0.2) is 24.8 Å². The Bertz CT molecular complexity index is 4180. The number of hydrogen-bond donors (Lipinski definition) is 0. The van der Waals surface area contributed by atoms with Crippen molar-refractivity contribution in [2.24, 2.45) is 34.1 Å². The Kier molecular flexibility index (Phi) is 27.9. The van der Waals surface area contributed by atoms with Gasteiger partial charge in [-0.3, -0.25) is 0 Å². The highest BCUT2D eigenvalue weighted by atomic mass is 28.3. The topological polar surface area (TPSA) is 15.5 Å². The van der Waals surface area contributed by atoms with Gasteiger partial charge in [0.2, 0.25) is 22.8 Å². The van der Waals surface area contributed by atoms with Gasteiger partial charge in [0, 0.05) is 68.8 Å². The van der Waals surface area contributed by atoms with Crippen LogP contribution in [0, 0.1) is 40.5 Å². The summed E-state index contributed by atoms with van der Waals surface area (Å²) < 4.78 is 9.31. The lowest BCUT2D eigenvalue weighted by atomic mass is 9.87. The van der Waals surface area contributed by atoms with E-state index in [9.17, 15) is 0 Å². The molecule has 0 spiro atoms. The number of hydrogen-bond acceptors (Lipinski definition) is 0. The highest BCUT2D eigenvalue weighted by Gasteiger charge is 2.36. The van der Waals surface area contributed by atoms with Gasteiger partial charge in [0.25, 0.3) is 0 Å². The fourth-order valence-electron chi connectivity index (χ4n) is 14.5. The van der Waals surface area contributed by atoms with Crippen LogP contribution in [-0.2, 0) is 56.3 Å². The minimum absolute atomic E-state index is 0.165. The van der Waals surface area contributed by atoms with E-state index in [1.54, 1.807) is 20.7 Å². The number of aryl methyl sites for hydroxylation is 9. The highest BCUT2D eigenvalue weighted by molar-refractivity contribution is 6.90. The molecule has 550 valence electrons. The van der Waals surface area contributed by atoms with Crippen LogP contribution in [0.4, 0.5) is 0 Å². The molecule has 4 heterocycles. The molecule has 4 aromatic heterocycles. The fraction of sp³-hybridized carbons (Fsp3) is 0.527. The van der Waals surface area contributed by atoms with Crippen LogP contribution in [0.2, 0.25) is 78.6 Å². The van der Waals surface area contributed by atoms with Gasteiger partial charge < -0.3 is 0 Å². The van der Waals surface area contributed by atoms with Gasteiger partial charge in [-0.2, -0.15) is 0 Å². The molecule has 8 aromatic rings. The molecule has 0 aliphatic carbocycles. The molecule has 0 fully saturated rings. The second kappa shape index (κ2) is 32.8. The van der Waals surface area contributed by atoms with E-state index >= 15 is 0 Å². The molecule has 101 heavy (non-hydrogen) atoms. The number of benzene rings is 4. The van der Waals surface area contributed by atoms with E-state index in [2.05, 4.69) is 406 Å². The Morgan fingerprint density at radius 1 is 0.327 bits per heavy atom. The maximum absolute atomic E-state index is 2.51. The van der Waals surface area contributed by atoms with Gasteiger partial charge in [0.1, 0.15) is 28.2 Å². The van der Waals surface area contributed by atoms with Crippen LogP contribution in [0.1, 0.15) is 216 Å². The van der Waals surface area contributed by atoms with Crippen LogP contribution in [0.5, 0.6) is 0 Å². The predicted octanol–water partition coefficient (Wildman–Crippen LogP) is 21.9. The van der Waals surface area contributed by atoms with Crippen molar-refractivity contribution in [2.75, 3.05) is 0 Å². The van der Waals surface area contributed by atoms with E-state index in [-0.39, 0.29) is 21.7 Å². The summed E-state index contributed by atoms with van der Waals surface area (Å²) in [5.74, 6) is 1.92. The quantitative estimate of drug-likeness (QED) is 0.0762. The van der Waals surface area contributed by atoms with E-state index in [4.69, 9.17) is 0 Å². The zero-order valence-corrected chi connectivity index (χ0v) is 76.2.